The fraction of sp³-hybridized carbons (Fsp3) is 0.812. The topological polar surface area (TPSA) is 39.2 Å². The van der Waals surface area contributed by atoms with Crippen LogP contribution in [-0.4, -0.2) is 11.0 Å². The smallest absolute Gasteiger partial charge is 0.314 e. The Morgan fingerprint density at radius 3 is 1.97 bits per heavy atom. The Bertz CT molecular complexity index is 684. The Labute approximate surface area is 216 Å². The molecule has 1 aromatic rings. The Morgan fingerprint density at radius 1 is 0.771 bits per heavy atom. The summed E-state index contributed by atoms with van der Waals surface area (Å²) in [5.74, 6) is 3.37. The van der Waals surface area contributed by atoms with Crippen LogP contribution >= 0.6 is 0 Å². The lowest BCUT2D eigenvalue weighted by atomic mass is 9.68. The van der Waals surface area contributed by atoms with E-state index in [0.29, 0.717) is 5.75 Å². The Kier molecular flexibility index (Phi) is 13.2. The summed E-state index contributed by atoms with van der Waals surface area (Å²) in [6.07, 6.45) is 27.8. The number of ether oxygens (including phenoxy) is 1. The third-order valence-electron chi connectivity index (χ3n) is 8.93. The summed E-state index contributed by atoms with van der Waals surface area (Å²) in [5, 5.41) is 0. The molecule has 198 valence electrons. The first-order valence-corrected chi connectivity index (χ1v) is 15.4. The molecule has 0 N–H and O–H groups in total. The van der Waals surface area contributed by atoms with E-state index in [1.54, 1.807) is 6.20 Å². The lowest BCUT2D eigenvalue weighted by Crippen LogP contribution is -2.30. The molecule has 0 atom stereocenters. The molecule has 3 nitrogen and oxygen atoms in total. The van der Waals surface area contributed by atoms with Gasteiger partial charge in [-0.05, 0) is 81.3 Å². The van der Waals surface area contributed by atoms with Crippen molar-refractivity contribution in [2.45, 2.75) is 142 Å². The molecule has 0 radical (unpaired) electrons. The highest BCUT2D eigenvalue weighted by molar-refractivity contribution is 5.75. The zero-order valence-corrected chi connectivity index (χ0v) is 22.9. The summed E-state index contributed by atoms with van der Waals surface area (Å²) >= 11 is 0. The zero-order valence-electron chi connectivity index (χ0n) is 22.9. The van der Waals surface area contributed by atoms with Crippen LogP contribution < -0.4 is 4.74 Å². The molecule has 3 rings (SSSR count). The Morgan fingerprint density at radius 2 is 1.37 bits per heavy atom. The van der Waals surface area contributed by atoms with Crippen molar-refractivity contribution in [3.63, 3.8) is 0 Å². The molecule has 0 spiro atoms. The molecule has 0 aliphatic heterocycles. The molecule has 0 unspecified atom stereocenters. The zero-order chi connectivity index (χ0) is 24.7. The molecule has 2 aliphatic rings. The number of nitrogens with zero attached hydrogens (tertiary/aromatic N) is 1. The molecular weight excluding hydrogens is 430 g/mol. The van der Waals surface area contributed by atoms with Gasteiger partial charge >= 0.3 is 5.97 Å². The van der Waals surface area contributed by atoms with Crippen LogP contribution in [0.3, 0.4) is 0 Å². The highest BCUT2D eigenvalue weighted by Crippen LogP contribution is 2.42. The van der Waals surface area contributed by atoms with Crippen LogP contribution in [0.15, 0.2) is 18.3 Å². The average molecular weight is 484 g/mol. The van der Waals surface area contributed by atoms with Crippen LogP contribution in [0.2, 0.25) is 0 Å². The van der Waals surface area contributed by atoms with Crippen molar-refractivity contribution in [2.24, 2.45) is 23.7 Å². The molecule has 2 saturated carbocycles. The largest absolute Gasteiger partial charge is 0.425 e. The molecule has 1 aromatic heterocycles. The van der Waals surface area contributed by atoms with Crippen LogP contribution in [0.4, 0.5) is 0 Å². The maximum absolute atomic E-state index is 12.8. The van der Waals surface area contributed by atoms with E-state index in [0.717, 1.165) is 42.7 Å². The summed E-state index contributed by atoms with van der Waals surface area (Å²) in [6.45, 7) is 4.54. The van der Waals surface area contributed by atoms with E-state index in [1.165, 1.54) is 109 Å². The van der Waals surface area contributed by atoms with Crippen molar-refractivity contribution in [3.05, 3.63) is 24.0 Å². The summed E-state index contributed by atoms with van der Waals surface area (Å²) in [6, 6.07) is 3.96. The van der Waals surface area contributed by atoms with Gasteiger partial charge in [0.1, 0.15) is 5.75 Å². The van der Waals surface area contributed by atoms with Crippen LogP contribution in [0.25, 0.3) is 0 Å². The van der Waals surface area contributed by atoms with E-state index in [-0.39, 0.29) is 11.9 Å². The number of hydrogen-bond donors (Lipinski definition) is 0. The number of hydrogen-bond acceptors (Lipinski definition) is 3. The highest BCUT2D eigenvalue weighted by atomic mass is 16.5. The average Bonchev–Trinajstić information content (AvgIpc) is 2.90. The van der Waals surface area contributed by atoms with E-state index in [2.05, 4.69) is 18.8 Å². The number of rotatable bonds is 15. The second kappa shape index (κ2) is 16.4. The van der Waals surface area contributed by atoms with Crippen LogP contribution in [-0.2, 0) is 11.2 Å². The summed E-state index contributed by atoms with van der Waals surface area (Å²) in [7, 11) is 0. The van der Waals surface area contributed by atoms with Crippen molar-refractivity contribution in [1.82, 2.24) is 4.98 Å². The van der Waals surface area contributed by atoms with Gasteiger partial charge in [0.15, 0.2) is 0 Å². The number of aryl methyl sites for hydroxylation is 1. The summed E-state index contributed by atoms with van der Waals surface area (Å²) in [4.78, 5) is 17.3. The quantitative estimate of drug-likeness (QED) is 0.184. The van der Waals surface area contributed by atoms with Gasteiger partial charge in [-0.15, -0.1) is 0 Å². The van der Waals surface area contributed by atoms with E-state index >= 15 is 0 Å². The second-order valence-electron chi connectivity index (χ2n) is 11.7. The van der Waals surface area contributed by atoms with E-state index < -0.39 is 0 Å². The lowest BCUT2D eigenvalue weighted by molar-refractivity contribution is -0.140. The molecule has 0 bridgehead atoms. The molecule has 2 fully saturated rings. The van der Waals surface area contributed by atoms with Crippen molar-refractivity contribution in [2.75, 3.05) is 0 Å². The van der Waals surface area contributed by atoms with Crippen molar-refractivity contribution in [1.29, 1.82) is 0 Å². The Balaban J connectivity index is 1.29. The van der Waals surface area contributed by atoms with Crippen molar-refractivity contribution in [3.8, 4) is 5.75 Å². The van der Waals surface area contributed by atoms with Gasteiger partial charge in [-0.2, -0.15) is 0 Å². The normalized spacial score (nSPS) is 24.9. The number of carbonyl (C=O) groups excluding carboxylic acids is 1. The first-order chi connectivity index (χ1) is 17.2. The van der Waals surface area contributed by atoms with Crippen LogP contribution in [0.5, 0.6) is 5.75 Å². The van der Waals surface area contributed by atoms with E-state index in [4.69, 9.17) is 4.74 Å². The minimum atomic E-state index is -0.0376. The molecule has 0 amide bonds. The third-order valence-corrected chi connectivity index (χ3v) is 8.93. The maximum Gasteiger partial charge on any atom is 0.314 e. The molecular formula is C32H53NO2. The molecule has 2 aliphatic carbocycles. The van der Waals surface area contributed by atoms with E-state index in [1.807, 2.05) is 12.1 Å². The van der Waals surface area contributed by atoms with E-state index in [9.17, 15) is 4.79 Å². The molecule has 0 saturated heterocycles. The molecule has 1 heterocycles. The number of aromatic nitrogens is 1. The van der Waals surface area contributed by atoms with Gasteiger partial charge in [-0.1, -0.05) is 90.9 Å². The van der Waals surface area contributed by atoms with Crippen molar-refractivity contribution < 1.29 is 9.53 Å². The number of unbranched alkanes of at least 4 members (excludes halogenated alkanes) is 8. The highest BCUT2D eigenvalue weighted by Gasteiger charge is 2.33. The monoisotopic (exact) mass is 483 g/mol. The first kappa shape index (κ1) is 28.2. The number of carbonyl (C=O) groups is 1. The fourth-order valence-electron chi connectivity index (χ4n) is 6.54. The first-order valence-electron chi connectivity index (χ1n) is 15.4. The van der Waals surface area contributed by atoms with Gasteiger partial charge in [0.25, 0.3) is 0 Å². The van der Waals surface area contributed by atoms with Crippen LogP contribution in [0, 0.1) is 23.7 Å². The van der Waals surface area contributed by atoms with Gasteiger partial charge in [-0.25, -0.2) is 0 Å². The van der Waals surface area contributed by atoms with Gasteiger partial charge in [0.2, 0.25) is 0 Å². The van der Waals surface area contributed by atoms with Gasteiger partial charge in [0, 0.05) is 5.69 Å². The standard InChI is InChI=1S/C32H53NO2/c1-3-5-7-9-11-13-26-15-17-27(18-16-26)28-19-21-29(22-20-28)32(34)35-31-24-23-30(33-25-31)14-12-10-8-6-4-2/h23-29H,3-22H2,1-2H3. The second-order valence-corrected chi connectivity index (χ2v) is 11.7. The SMILES string of the molecule is CCCCCCCc1ccc(OC(=O)C2CCC(C3CCC(CCCCCCC)CC3)CC2)cn1. The maximum atomic E-state index is 12.8. The van der Waals surface area contributed by atoms with Gasteiger partial charge < -0.3 is 4.74 Å². The summed E-state index contributed by atoms with van der Waals surface area (Å²) < 4.78 is 5.72. The molecule has 3 heteroatoms. The number of pyridine rings is 1. The van der Waals surface area contributed by atoms with Gasteiger partial charge in [-0.3, -0.25) is 9.78 Å². The molecule has 35 heavy (non-hydrogen) atoms. The molecule has 0 aromatic carbocycles. The lowest BCUT2D eigenvalue weighted by Gasteiger charge is -2.37. The minimum absolute atomic E-state index is 0.0376. The van der Waals surface area contributed by atoms with Crippen molar-refractivity contribution >= 4 is 5.97 Å². The Hall–Kier alpha value is -1.38. The predicted octanol–water partition coefficient (Wildman–Crippen LogP) is 9.47. The van der Waals surface area contributed by atoms with Crippen LogP contribution in [0.1, 0.15) is 142 Å². The minimum Gasteiger partial charge on any atom is -0.425 e. The number of esters is 1. The summed E-state index contributed by atoms with van der Waals surface area (Å²) in [5.41, 5.74) is 1.10. The van der Waals surface area contributed by atoms with Gasteiger partial charge in [0.05, 0.1) is 12.1 Å². The predicted molar refractivity (Wildman–Crippen MR) is 147 cm³/mol. The third kappa shape index (κ3) is 10.3. The fourth-order valence-corrected chi connectivity index (χ4v) is 6.54.